The summed E-state index contributed by atoms with van der Waals surface area (Å²) in [7, 11) is 1.24. The molecule has 0 saturated carbocycles. The maximum Gasteiger partial charge on any atom is 0.461 e. The molecule has 11 heteroatoms. The van der Waals surface area contributed by atoms with Gasteiger partial charge in [0.15, 0.2) is 11.6 Å². The molecule has 0 aliphatic heterocycles. The molecule has 0 aromatic heterocycles. The van der Waals surface area contributed by atoms with Crippen molar-refractivity contribution in [1.29, 1.82) is 0 Å². The monoisotopic (exact) mass is 559 g/mol. The quantitative estimate of drug-likeness (QED) is 0.221. The molecule has 0 heterocycles. The summed E-state index contributed by atoms with van der Waals surface area (Å²) in [4.78, 5) is 0. The molecular formula is C27H27F6NO3S. The molecular weight excluding hydrogens is 532 g/mol. The average Bonchev–Trinajstić information content (AvgIpc) is 2.83. The number of methoxy groups -OCH3 is 1. The highest BCUT2D eigenvalue weighted by Crippen LogP contribution is 2.40. The van der Waals surface area contributed by atoms with E-state index in [4.69, 9.17) is 4.74 Å². The number of halogens is 6. The molecule has 1 N–H and O–H groups in total. The Labute approximate surface area is 220 Å². The predicted octanol–water partition coefficient (Wildman–Crippen LogP) is 6.75. The first-order valence-electron chi connectivity index (χ1n) is 11.4. The summed E-state index contributed by atoms with van der Waals surface area (Å²) in [5.74, 6) is -2.83. The smallest absolute Gasteiger partial charge is 0.461 e. The first kappa shape index (κ1) is 29.7. The first-order valence-corrected chi connectivity index (χ1v) is 12.6. The fraction of sp³-hybridized carbons (Fsp3) is 0.333. The van der Waals surface area contributed by atoms with Crippen molar-refractivity contribution in [3.8, 4) is 11.5 Å². The van der Waals surface area contributed by atoms with E-state index in [1.54, 1.807) is 51.1 Å². The summed E-state index contributed by atoms with van der Waals surface area (Å²) in [5, 5.41) is 0. The standard InChI is InChI=1S/C27H27F6NO3S/c1-25(2,3)38(35)34-26(16-17-8-6-5-7-9-17,18-10-11-22(29)23(14-18)36-4)19-12-20(28)15-21(13-19)37-27(32,33)24(30)31/h5-15,24,34H,16H2,1-4H3/t26-,38+/m1/s1. The third kappa shape index (κ3) is 6.75. The Bertz CT molecular complexity index is 1240. The van der Waals surface area contributed by atoms with Crippen LogP contribution in [0.5, 0.6) is 11.5 Å². The van der Waals surface area contributed by atoms with E-state index in [9.17, 15) is 30.9 Å². The second kappa shape index (κ2) is 11.5. The number of rotatable bonds is 10. The minimum atomic E-state index is -4.89. The van der Waals surface area contributed by atoms with Gasteiger partial charge in [-0.05, 0) is 61.7 Å². The Morgan fingerprint density at radius 3 is 2.16 bits per heavy atom. The van der Waals surface area contributed by atoms with Gasteiger partial charge in [0.05, 0.1) is 7.11 Å². The van der Waals surface area contributed by atoms with Crippen LogP contribution in [0.1, 0.15) is 37.5 Å². The van der Waals surface area contributed by atoms with Crippen LogP contribution in [0.3, 0.4) is 0 Å². The van der Waals surface area contributed by atoms with Gasteiger partial charge in [-0.15, -0.1) is 4.72 Å². The number of hydrogen-bond donors (Lipinski definition) is 1. The van der Waals surface area contributed by atoms with Crippen LogP contribution in [0, 0.1) is 11.6 Å². The normalized spacial score (nSPS) is 14.7. The minimum absolute atomic E-state index is 0.0292. The Hall–Kier alpha value is -2.89. The molecule has 38 heavy (non-hydrogen) atoms. The molecule has 0 fully saturated rings. The van der Waals surface area contributed by atoms with Crippen molar-refractivity contribution in [1.82, 2.24) is 4.72 Å². The van der Waals surface area contributed by atoms with E-state index >= 15 is 0 Å². The van der Waals surface area contributed by atoms with E-state index < -0.39 is 51.6 Å². The van der Waals surface area contributed by atoms with E-state index in [1.165, 1.54) is 19.2 Å². The summed E-state index contributed by atoms with van der Waals surface area (Å²) in [6.07, 6.45) is -9.09. The lowest BCUT2D eigenvalue weighted by Gasteiger charge is -2.39. The van der Waals surface area contributed by atoms with Crippen molar-refractivity contribution in [2.45, 2.75) is 50.0 Å². The van der Waals surface area contributed by atoms with Crippen molar-refractivity contribution in [3.05, 3.63) is 95.1 Å². The highest BCUT2D eigenvalue weighted by atomic mass is 32.2. The molecule has 2 atom stereocenters. The number of hydrogen-bond acceptors (Lipinski definition) is 4. The molecule has 0 aliphatic carbocycles. The second-order valence-electron chi connectivity index (χ2n) is 9.54. The number of benzene rings is 3. The highest BCUT2D eigenvalue weighted by Gasteiger charge is 2.46. The van der Waals surface area contributed by atoms with Crippen LogP contribution in [0.4, 0.5) is 26.3 Å². The summed E-state index contributed by atoms with van der Waals surface area (Å²) in [6, 6.07) is 14.9. The Balaban J connectivity index is 2.34. The fourth-order valence-electron chi connectivity index (χ4n) is 3.73. The first-order chi connectivity index (χ1) is 17.7. The van der Waals surface area contributed by atoms with Gasteiger partial charge in [-0.25, -0.2) is 8.78 Å². The average molecular weight is 560 g/mol. The molecule has 0 amide bonds. The lowest BCUT2D eigenvalue weighted by molar-refractivity contribution is -0.253. The molecule has 3 aromatic rings. The largest absolute Gasteiger partial charge is 0.598 e. The Morgan fingerprint density at radius 2 is 1.58 bits per heavy atom. The fourth-order valence-corrected chi connectivity index (χ4v) is 4.66. The van der Waals surface area contributed by atoms with Crippen LogP contribution >= 0.6 is 0 Å². The maximum atomic E-state index is 14.9. The zero-order chi connectivity index (χ0) is 28.3. The van der Waals surface area contributed by atoms with Crippen molar-refractivity contribution in [2.75, 3.05) is 7.11 Å². The molecule has 0 radical (unpaired) electrons. The van der Waals surface area contributed by atoms with Crippen LogP contribution in [0.15, 0.2) is 66.7 Å². The van der Waals surface area contributed by atoms with Gasteiger partial charge in [0, 0.05) is 23.8 Å². The van der Waals surface area contributed by atoms with E-state index in [-0.39, 0.29) is 23.3 Å². The van der Waals surface area contributed by atoms with Gasteiger partial charge in [-0.1, -0.05) is 36.4 Å². The zero-order valence-electron chi connectivity index (χ0n) is 21.0. The number of nitrogens with one attached hydrogen (secondary N) is 1. The van der Waals surface area contributed by atoms with Gasteiger partial charge >= 0.3 is 12.5 Å². The molecule has 3 aromatic carbocycles. The summed E-state index contributed by atoms with van der Waals surface area (Å²) in [5.41, 5.74) is -0.832. The summed E-state index contributed by atoms with van der Waals surface area (Å²) < 4.78 is 107. The summed E-state index contributed by atoms with van der Waals surface area (Å²) >= 11 is -1.85. The van der Waals surface area contributed by atoms with E-state index in [1.807, 2.05) is 0 Å². The van der Waals surface area contributed by atoms with Crippen molar-refractivity contribution < 1.29 is 40.4 Å². The van der Waals surface area contributed by atoms with Crippen LogP contribution in [0.2, 0.25) is 0 Å². The molecule has 0 bridgehead atoms. The second-order valence-corrected chi connectivity index (χ2v) is 11.5. The van der Waals surface area contributed by atoms with Gasteiger partial charge < -0.3 is 14.0 Å². The van der Waals surface area contributed by atoms with Gasteiger partial charge in [0.2, 0.25) is 0 Å². The topological polar surface area (TPSA) is 53.5 Å². The lowest BCUT2D eigenvalue weighted by Crippen LogP contribution is -2.53. The van der Waals surface area contributed by atoms with Gasteiger partial charge in [-0.2, -0.15) is 17.6 Å². The van der Waals surface area contributed by atoms with Crippen molar-refractivity contribution in [3.63, 3.8) is 0 Å². The maximum absolute atomic E-state index is 14.9. The third-order valence-corrected chi connectivity index (χ3v) is 7.30. The predicted molar refractivity (Wildman–Crippen MR) is 133 cm³/mol. The Kier molecular flexibility index (Phi) is 8.95. The van der Waals surface area contributed by atoms with E-state index in [2.05, 4.69) is 9.46 Å². The molecule has 0 saturated heterocycles. The molecule has 3 rings (SSSR count). The number of alkyl halides is 4. The molecule has 0 spiro atoms. The van der Waals surface area contributed by atoms with E-state index in [0.29, 0.717) is 11.6 Å². The van der Waals surface area contributed by atoms with Gasteiger partial charge in [0.1, 0.15) is 21.9 Å². The van der Waals surface area contributed by atoms with Crippen molar-refractivity contribution in [2.24, 2.45) is 0 Å². The van der Waals surface area contributed by atoms with Crippen LogP contribution in [-0.2, 0) is 23.3 Å². The van der Waals surface area contributed by atoms with Gasteiger partial charge in [0.25, 0.3) is 0 Å². The molecule has 4 nitrogen and oxygen atoms in total. The highest BCUT2D eigenvalue weighted by molar-refractivity contribution is 7.90. The number of ether oxygens (including phenoxy) is 2. The SMILES string of the molecule is COc1cc([C@@](Cc2ccccc2)(N[S@@+]([O-])C(C)(C)C)c2cc(F)cc(OC(F)(F)C(F)F)c2)ccc1F. The van der Waals surface area contributed by atoms with Gasteiger partial charge in [-0.3, -0.25) is 0 Å². The third-order valence-electron chi connectivity index (χ3n) is 5.65. The van der Waals surface area contributed by atoms with E-state index in [0.717, 1.165) is 18.2 Å². The molecule has 206 valence electrons. The van der Waals surface area contributed by atoms with Crippen molar-refractivity contribution >= 4 is 11.4 Å². The lowest BCUT2D eigenvalue weighted by atomic mass is 9.78. The zero-order valence-corrected chi connectivity index (χ0v) is 21.9. The van der Waals surface area contributed by atoms with Crippen LogP contribution in [-0.4, -0.2) is 28.9 Å². The molecule has 0 unspecified atom stereocenters. The van der Waals surface area contributed by atoms with Crippen LogP contribution in [0.25, 0.3) is 0 Å². The molecule has 0 aliphatic rings. The minimum Gasteiger partial charge on any atom is -0.598 e. The van der Waals surface area contributed by atoms with Crippen LogP contribution < -0.4 is 14.2 Å². The summed E-state index contributed by atoms with van der Waals surface area (Å²) in [6.45, 7) is 5.04. The Morgan fingerprint density at radius 1 is 0.921 bits per heavy atom.